The fraction of sp³-hybridized carbons (Fsp3) is 0.333. The smallest absolute Gasteiger partial charge is 0.0324 e. The highest BCUT2D eigenvalue weighted by molar-refractivity contribution is 5.30. The van der Waals surface area contributed by atoms with Gasteiger partial charge < -0.3 is 5.73 Å². The number of hydrogen-bond acceptors (Lipinski definition) is 1. The molecule has 0 radical (unpaired) electrons. The fourth-order valence-corrected chi connectivity index (χ4v) is 2.43. The van der Waals surface area contributed by atoms with E-state index in [0.717, 1.165) is 6.42 Å². The molecule has 0 spiro atoms. The van der Waals surface area contributed by atoms with Gasteiger partial charge in [0.25, 0.3) is 0 Å². The highest BCUT2D eigenvalue weighted by atomic mass is 14.6. The van der Waals surface area contributed by atoms with Gasteiger partial charge in [-0.15, -0.1) is 0 Å². The lowest BCUT2D eigenvalue weighted by atomic mass is 9.89. The van der Waals surface area contributed by atoms with Crippen molar-refractivity contribution in [3.8, 4) is 0 Å². The van der Waals surface area contributed by atoms with E-state index in [-0.39, 0.29) is 6.04 Å². The van der Waals surface area contributed by atoms with Crippen molar-refractivity contribution in [3.63, 3.8) is 0 Å². The molecule has 19 heavy (non-hydrogen) atoms. The van der Waals surface area contributed by atoms with Crippen molar-refractivity contribution in [2.45, 2.75) is 33.2 Å². The van der Waals surface area contributed by atoms with Crippen LogP contribution in [-0.2, 0) is 6.42 Å². The lowest BCUT2D eigenvalue weighted by molar-refractivity contribution is 0.468. The molecule has 2 N–H and O–H groups in total. The molecule has 0 bridgehead atoms. The summed E-state index contributed by atoms with van der Waals surface area (Å²) in [6, 6.07) is 17.2. The first kappa shape index (κ1) is 13.8. The van der Waals surface area contributed by atoms with Gasteiger partial charge in [-0.25, -0.2) is 0 Å². The van der Waals surface area contributed by atoms with Gasteiger partial charge in [-0.05, 0) is 48.4 Å². The minimum Gasteiger partial charge on any atom is -0.324 e. The van der Waals surface area contributed by atoms with Gasteiger partial charge in [0.2, 0.25) is 0 Å². The average molecular weight is 253 g/mol. The first-order chi connectivity index (χ1) is 9.08. The number of benzene rings is 2. The summed E-state index contributed by atoms with van der Waals surface area (Å²) in [5, 5.41) is 0. The van der Waals surface area contributed by atoms with E-state index in [1.165, 1.54) is 22.3 Å². The Morgan fingerprint density at radius 3 is 2.26 bits per heavy atom. The molecule has 0 heterocycles. The van der Waals surface area contributed by atoms with E-state index < -0.39 is 0 Å². The van der Waals surface area contributed by atoms with Crippen LogP contribution < -0.4 is 5.73 Å². The summed E-state index contributed by atoms with van der Waals surface area (Å²) < 4.78 is 0. The van der Waals surface area contributed by atoms with E-state index in [9.17, 15) is 0 Å². The predicted octanol–water partition coefficient (Wildman–Crippen LogP) is 4.18. The third-order valence-electron chi connectivity index (χ3n) is 3.93. The third-order valence-corrected chi connectivity index (χ3v) is 3.93. The Morgan fingerprint density at radius 1 is 0.947 bits per heavy atom. The predicted molar refractivity (Wildman–Crippen MR) is 82.2 cm³/mol. The van der Waals surface area contributed by atoms with E-state index in [0.29, 0.717) is 5.92 Å². The van der Waals surface area contributed by atoms with E-state index in [2.05, 4.69) is 63.2 Å². The monoisotopic (exact) mass is 253 g/mol. The number of hydrogen-bond donors (Lipinski definition) is 1. The SMILES string of the molecule is Cc1ccc(CC(C)C(N)c2ccccc2)cc1C. The fourth-order valence-electron chi connectivity index (χ4n) is 2.43. The molecule has 2 unspecified atom stereocenters. The summed E-state index contributed by atoms with van der Waals surface area (Å²) in [7, 11) is 0. The van der Waals surface area contributed by atoms with Gasteiger partial charge in [0.1, 0.15) is 0 Å². The number of nitrogens with two attached hydrogens (primary N) is 1. The number of aryl methyl sites for hydroxylation is 2. The molecule has 2 atom stereocenters. The molecule has 0 aliphatic rings. The Morgan fingerprint density at radius 2 is 1.63 bits per heavy atom. The first-order valence-corrected chi connectivity index (χ1v) is 6.94. The summed E-state index contributed by atoms with van der Waals surface area (Å²) in [4.78, 5) is 0. The van der Waals surface area contributed by atoms with Crippen LogP contribution in [0, 0.1) is 19.8 Å². The van der Waals surface area contributed by atoms with Crippen molar-refractivity contribution < 1.29 is 0 Å². The van der Waals surface area contributed by atoms with Crippen LogP contribution in [0.3, 0.4) is 0 Å². The lowest BCUT2D eigenvalue weighted by Crippen LogP contribution is -2.20. The van der Waals surface area contributed by atoms with Crippen molar-refractivity contribution in [3.05, 3.63) is 70.8 Å². The highest BCUT2D eigenvalue weighted by Crippen LogP contribution is 2.23. The zero-order valence-corrected chi connectivity index (χ0v) is 12.1. The second-order valence-electron chi connectivity index (χ2n) is 5.54. The van der Waals surface area contributed by atoms with Crippen molar-refractivity contribution in [1.82, 2.24) is 0 Å². The summed E-state index contributed by atoms with van der Waals surface area (Å²) in [5.74, 6) is 0.435. The summed E-state index contributed by atoms with van der Waals surface area (Å²) in [6.45, 7) is 6.55. The van der Waals surface area contributed by atoms with Gasteiger partial charge in [0, 0.05) is 6.04 Å². The summed E-state index contributed by atoms with van der Waals surface area (Å²) in [5.41, 5.74) is 11.7. The molecule has 1 heteroatoms. The molecule has 2 aromatic carbocycles. The zero-order valence-electron chi connectivity index (χ0n) is 12.1. The minimum absolute atomic E-state index is 0.0998. The van der Waals surface area contributed by atoms with E-state index in [1.54, 1.807) is 0 Å². The third kappa shape index (κ3) is 3.45. The molecule has 0 fully saturated rings. The van der Waals surface area contributed by atoms with Crippen LogP contribution >= 0.6 is 0 Å². The van der Waals surface area contributed by atoms with E-state index in [1.807, 2.05) is 6.07 Å². The molecule has 1 nitrogen and oxygen atoms in total. The number of rotatable bonds is 4. The molecule has 2 rings (SSSR count). The molecular weight excluding hydrogens is 230 g/mol. The molecule has 100 valence electrons. The van der Waals surface area contributed by atoms with Crippen LogP contribution in [0.25, 0.3) is 0 Å². The van der Waals surface area contributed by atoms with Crippen LogP contribution in [0.4, 0.5) is 0 Å². The van der Waals surface area contributed by atoms with Gasteiger partial charge in [0.15, 0.2) is 0 Å². The van der Waals surface area contributed by atoms with Crippen LogP contribution in [0.2, 0.25) is 0 Å². The molecular formula is C18H23N. The van der Waals surface area contributed by atoms with E-state index >= 15 is 0 Å². The second-order valence-corrected chi connectivity index (χ2v) is 5.54. The quantitative estimate of drug-likeness (QED) is 0.869. The van der Waals surface area contributed by atoms with Gasteiger partial charge in [0.05, 0.1) is 0 Å². The van der Waals surface area contributed by atoms with Crippen molar-refractivity contribution >= 4 is 0 Å². The maximum atomic E-state index is 6.35. The molecule has 0 aliphatic carbocycles. The standard InChI is InChI=1S/C18H23N/c1-13-9-10-16(11-14(13)2)12-15(3)18(19)17-7-5-4-6-8-17/h4-11,15,18H,12,19H2,1-3H3. The highest BCUT2D eigenvalue weighted by Gasteiger charge is 2.15. The molecule has 0 aromatic heterocycles. The molecule has 0 amide bonds. The summed E-state index contributed by atoms with van der Waals surface area (Å²) in [6.07, 6.45) is 1.02. The molecule has 0 saturated carbocycles. The first-order valence-electron chi connectivity index (χ1n) is 6.94. The van der Waals surface area contributed by atoms with Gasteiger partial charge in [-0.2, -0.15) is 0 Å². The summed E-state index contributed by atoms with van der Waals surface area (Å²) >= 11 is 0. The van der Waals surface area contributed by atoms with Gasteiger partial charge in [-0.3, -0.25) is 0 Å². The van der Waals surface area contributed by atoms with Crippen LogP contribution in [0.15, 0.2) is 48.5 Å². The second kappa shape index (κ2) is 6.03. The lowest BCUT2D eigenvalue weighted by Gasteiger charge is -2.20. The maximum Gasteiger partial charge on any atom is 0.0324 e. The molecule has 0 aliphatic heterocycles. The van der Waals surface area contributed by atoms with Crippen molar-refractivity contribution in [2.75, 3.05) is 0 Å². The average Bonchev–Trinajstić information content (AvgIpc) is 2.43. The zero-order chi connectivity index (χ0) is 13.8. The Hall–Kier alpha value is -1.60. The van der Waals surface area contributed by atoms with Crippen molar-refractivity contribution in [2.24, 2.45) is 11.7 Å². The van der Waals surface area contributed by atoms with Crippen LogP contribution in [-0.4, -0.2) is 0 Å². The topological polar surface area (TPSA) is 26.0 Å². The van der Waals surface area contributed by atoms with Gasteiger partial charge >= 0.3 is 0 Å². The van der Waals surface area contributed by atoms with Crippen LogP contribution in [0.1, 0.15) is 35.2 Å². The van der Waals surface area contributed by atoms with Crippen molar-refractivity contribution in [1.29, 1.82) is 0 Å². The van der Waals surface area contributed by atoms with Crippen LogP contribution in [0.5, 0.6) is 0 Å². The maximum absolute atomic E-state index is 6.35. The Bertz CT molecular complexity index is 531. The normalized spacial score (nSPS) is 14.1. The largest absolute Gasteiger partial charge is 0.324 e. The minimum atomic E-state index is 0.0998. The Labute approximate surface area is 116 Å². The molecule has 0 saturated heterocycles. The Kier molecular flexibility index (Phi) is 4.39. The van der Waals surface area contributed by atoms with E-state index in [4.69, 9.17) is 5.73 Å². The molecule has 2 aromatic rings. The Balaban J connectivity index is 2.08. The van der Waals surface area contributed by atoms with Gasteiger partial charge in [-0.1, -0.05) is 55.5 Å².